The number of thiocarbonyl (C=S) groups is 1. The van der Waals surface area contributed by atoms with Gasteiger partial charge < -0.3 is 23.9 Å². The third kappa shape index (κ3) is 8.03. The maximum atomic E-state index is 12.2. The highest BCUT2D eigenvalue weighted by Crippen LogP contribution is 2.19. The molecule has 0 saturated carbocycles. The average Bonchev–Trinajstić information content (AvgIpc) is 3.30. The number of morpholine rings is 1. The van der Waals surface area contributed by atoms with Crippen LogP contribution >= 0.6 is 12.2 Å². The molecular formula is C22H30N4O5S. The summed E-state index contributed by atoms with van der Waals surface area (Å²) in [7, 11) is 0. The Morgan fingerprint density at radius 1 is 1.06 bits per heavy atom. The maximum Gasteiger partial charge on any atom is 0.305 e. The first kappa shape index (κ1) is 23.8. The molecule has 32 heavy (non-hydrogen) atoms. The summed E-state index contributed by atoms with van der Waals surface area (Å²) >= 11 is 5.19. The zero-order chi connectivity index (χ0) is 22.6. The Morgan fingerprint density at radius 2 is 1.78 bits per heavy atom. The number of benzene rings is 1. The molecule has 1 aliphatic rings. The van der Waals surface area contributed by atoms with Gasteiger partial charge >= 0.3 is 5.91 Å². The van der Waals surface area contributed by atoms with Crippen LogP contribution in [-0.4, -0.2) is 61.9 Å². The second-order valence-corrected chi connectivity index (χ2v) is 7.51. The Bertz CT molecular complexity index is 852. The Labute approximate surface area is 193 Å². The van der Waals surface area contributed by atoms with E-state index in [1.165, 1.54) is 0 Å². The molecular weight excluding hydrogens is 432 g/mol. The lowest BCUT2D eigenvalue weighted by Crippen LogP contribution is -2.47. The van der Waals surface area contributed by atoms with Crippen molar-refractivity contribution in [3.05, 3.63) is 47.9 Å². The minimum absolute atomic E-state index is 0.165. The Morgan fingerprint density at radius 3 is 2.50 bits per heavy atom. The topological polar surface area (TPSA) is 97.2 Å². The van der Waals surface area contributed by atoms with Crippen molar-refractivity contribution in [3.8, 4) is 11.5 Å². The molecule has 0 aliphatic carbocycles. The predicted octanol–water partition coefficient (Wildman–Crippen LogP) is 2.09. The fourth-order valence-electron chi connectivity index (χ4n) is 3.08. The van der Waals surface area contributed by atoms with Gasteiger partial charge in [0.2, 0.25) is 0 Å². The van der Waals surface area contributed by atoms with Crippen molar-refractivity contribution < 1.29 is 23.4 Å². The summed E-state index contributed by atoms with van der Waals surface area (Å²) in [6.45, 7) is 7.97. The van der Waals surface area contributed by atoms with E-state index in [9.17, 15) is 4.79 Å². The molecule has 10 heteroatoms. The van der Waals surface area contributed by atoms with Crippen molar-refractivity contribution in [1.82, 2.24) is 21.1 Å². The molecule has 174 valence electrons. The van der Waals surface area contributed by atoms with E-state index < -0.39 is 5.91 Å². The molecule has 0 atom stereocenters. The molecule has 3 N–H and O–H groups in total. The standard InChI is InChI=1S/C22H30N4O5S/c1-2-29-17-4-6-18(7-5-17)30-16-19-8-9-20(31-19)21(27)24-25-22(32)23-10-3-11-26-12-14-28-15-13-26/h4-9H,2-3,10-16H2,1H3,(H,24,27)(H2,23,25,32). The number of hydrazine groups is 1. The largest absolute Gasteiger partial charge is 0.494 e. The van der Waals surface area contributed by atoms with E-state index in [4.69, 9.17) is 30.8 Å². The highest BCUT2D eigenvalue weighted by atomic mass is 32.1. The molecule has 1 saturated heterocycles. The van der Waals surface area contributed by atoms with Gasteiger partial charge in [0.1, 0.15) is 23.9 Å². The number of nitrogens with zero attached hydrogens (tertiary/aromatic N) is 1. The first-order valence-electron chi connectivity index (χ1n) is 10.7. The van der Waals surface area contributed by atoms with Gasteiger partial charge in [-0.25, -0.2) is 0 Å². The first-order chi connectivity index (χ1) is 15.6. The summed E-state index contributed by atoms with van der Waals surface area (Å²) < 4.78 is 22.0. The lowest BCUT2D eigenvalue weighted by atomic mass is 10.3. The fraction of sp³-hybridized carbons (Fsp3) is 0.455. The summed E-state index contributed by atoms with van der Waals surface area (Å²) in [4.78, 5) is 14.6. The highest BCUT2D eigenvalue weighted by molar-refractivity contribution is 7.80. The number of ether oxygens (including phenoxy) is 3. The van der Waals surface area contributed by atoms with Gasteiger partial charge in [-0.1, -0.05) is 0 Å². The quantitative estimate of drug-likeness (QED) is 0.279. The van der Waals surface area contributed by atoms with Crippen LogP contribution in [0.3, 0.4) is 0 Å². The van der Waals surface area contributed by atoms with Crippen LogP contribution in [0.4, 0.5) is 0 Å². The summed E-state index contributed by atoms with van der Waals surface area (Å²) in [5.41, 5.74) is 5.21. The van der Waals surface area contributed by atoms with Crippen molar-refractivity contribution in [2.24, 2.45) is 0 Å². The average molecular weight is 463 g/mol. The molecule has 1 aliphatic heterocycles. The van der Waals surface area contributed by atoms with Gasteiger partial charge in [0.05, 0.1) is 19.8 Å². The molecule has 0 unspecified atom stereocenters. The van der Waals surface area contributed by atoms with Crippen molar-refractivity contribution in [2.75, 3.05) is 46.0 Å². The summed E-state index contributed by atoms with van der Waals surface area (Å²) in [5.74, 6) is 1.75. The monoisotopic (exact) mass is 462 g/mol. The zero-order valence-electron chi connectivity index (χ0n) is 18.2. The van der Waals surface area contributed by atoms with E-state index in [2.05, 4.69) is 21.1 Å². The molecule has 1 amide bonds. The van der Waals surface area contributed by atoms with Gasteiger partial charge in [-0.3, -0.25) is 20.5 Å². The van der Waals surface area contributed by atoms with E-state index in [-0.39, 0.29) is 12.4 Å². The third-order valence-electron chi connectivity index (χ3n) is 4.73. The zero-order valence-corrected chi connectivity index (χ0v) is 19.0. The number of furan rings is 1. The van der Waals surface area contributed by atoms with Gasteiger partial charge in [-0.2, -0.15) is 0 Å². The molecule has 2 aromatic rings. The number of rotatable bonds is 10. The first-order valence-corrected chi connectivity index (χ1v) is 11.1. The smallest absolute Gasteiger partial charge is 0.305 e. The number of hydrogen-bond donors (Lipinski definition) is 3. The summed E-state index contributed by atoms with van der Waals surface area (Å²) in [5, 5.41) is 3.43. The van der Waals surface area contributed by atoms with Crippen LogP contribution in [0.5, 0.6) is 11.5 Å². The molecule has 0 bridgehead atoms. The van der Waals surface area contributed by atoms with E-state index in [1.807, 2.05) is 31.2 Å². The number of carbonyl (C=O) groups is 1. The van der Waals surface area contributed by atoms with Gasteiger partial charge in [-0.05, 0) is 68.5 Å². The number of nitrogens with one attached hydrogen (secondary N) is 3. The number of carbonyl (C=O) groups excluding carboxylic acids is 1. The third-order valence-corrected chi connectivity index (χ3v) is 4.98. The van der Waals surface area contributed by atoms with Crippen LogP contribution in [0, 0.1) is 0 Å². The molecule has 0 spiro atoms. The van der Waals surface area contributed by atoms with Gasteiger partial charge in [0, 0.05) is 19.6 Å². The summed E-state index contributed by atoms with van der Waals surface area (Å²) in [6, 6.07) is 10.6. The van der Waals surface area contributed by atoms with E-state index in [1.54, 1.807) is 12.1 Å². The Kier molecular flexibility index (Phi) is 9.60. The van der Waals surface area contributed by atoms with Crippen LogP contribution in [-0.2, 0) is 11.3 Å². The normalized spacial score (nSPS) is 13.9. The van der Waals surface area contributed by atoms with Crippen LogP contribution in [0.1, 0.15) is 29.7 Å². The molecule has 1 aromatic carbocycles. The lowest BCUT2D eigenvalue weighted by molar-refractivity contribution is 0.0376. The van der Waals surface area contributed by atoms with Crippen LogP contribution in [0.25, 0.3) is 0 Å². The second-order valence-electron chi connectivity index (χ2n) is 7.10. The minimum atomic E-state index is -0.421. The van der Waals surface area contributed by atoms with Crippen LogP contribution in [0.2, 0.25) is 0 Å². The summed E-state index contributed by atoms with van der Waals surface area (Å²) in [6.07, 6.45) is 0.950. The van der Waals surface area contributed by atoms with Gasteiger partial charge in [0.25, 0.3) is 0 Å². The van der Waals surface area contributed by atoms with E-state index in [0.717, 1.165) is 45.0 Å². The molecule has 9 nitrogen and oxygen atoms in total. The van der Waals surface area contributed by atoms with Crippen LogP contribution < -0.4 is 25.6 Å². The number of hydrogen-bond acceptors (Lipinski definition) is 7. The van der Waals surface area contributed by atoms with Crippen molar-refractivity contribution >= 4 is 23.2 Å². The predicted molar refractivity (Wildman–Crippen MR) is 124 cm³/mol. The SMILES string of the molecule is CCOc1ccc(OCc2ccc(C(=O)NNC(=S)NCCCN3CCOCC3)o2)cc1. The highest BCUT2D eigenvalue weighted by Gasteiger charge is 2.12. The molecule has 1 aromatic heterocycles. The Balaban J connectivity index is 1.31. The second kappa shape index (κ2) is 12.9. The van der Waals surface area contributed by atoms with Gasteiger partial charge in [-0.15, -0.1) is 0 Å². The lowest BCUT2D eigenvalue weighted by Gasteiger charge is -2.26. The van der Waals surface area contributed by atoms with Crippen molar-refractivity contribution in [1.29, 1.82) is 0 Å². The number of amides is 1. The van der Waals surface area contributed by atoms with E-state index >= 15 is 0 Å². The van der Waals surface area contributed by atoms with Crippen molar-refractivity contribution in [3.63, 3.8) is 0 Å². The molecule has 2 heterocycles. The van der Waals surface area contributed by atoms with Crippen molar-refractivity contribution in [2.45, 2.75) is 20.0 Å². The van der Waals surface area contributed by atoms with Gasteiger partial charge in [0.15, 0.2) is 10.9 Å². The Hall–Kier alpha value is -2.82. The minimum Gasteiger partial charge on any atom is -0.494 e. The molecule has 1 fully saturated rings. The molecule has 0 radical (unpaired) electrons. The fourth-order valence-corrected chi connectivity index (χ4v) is 3.23. The molecule has 3 rings (SSSR count). The van der Waals surface area contributed by atoms with E-state index in [0.29, 0.717) is 29.8 Å². The maximum absolute atomic E-state index is 12.2. The van der Waals surface area contributed by atoms with Crippen LogP contribution in [0.15, 0.2) is 40.8 Å².